The van der Waals surface area contributed by atoms with Crippen LogP contribution in [0, 0.1) is 11.3 Å². The number of Topliss-reactive ketones (excluding diaryl/α,β-unsaturated/α-hetero) is 2. The number of carbonyl (C=O) groups is 3. The lowest BCUT2D eigenvalue weighted by Gasteiger charge is -2.29. The molecule has 224 valence electrons. The first kappa shape index (κ1) is 36.8. The number of carbonyl (C=O) groups excluding carboxylic acids is 3. The molecule has 0 heterocycles. The van der Waals surface area contributed by atoms with E-state index in [4.69, 9.17) is 4.74 Å². The van der Waals surface area contributed by atoms with Gasteiger partial charge in [0, 0.05) is 12.8 Å². The van der Waals surface area contributed by atoms with Crippen molar-refractivity contribution >= 4 is 17.5 Å². The second kappa shape index (κ2) is 24.8. The molecule has 0 saturated carbocycles. The highest BCUT2D eigenvalue weighted by Crippen LogP contribution is 2.34. The fourth-order valence-corrected chi connectivity index (χ4v) is 5.35. The first-order chi connectivity index (χ1) is 18.4. The summed E-state index contributed by atoms with van der Waals surface area (Å²) in [5.41, 5.74) is -1.58. The Morgan fingerprint density at radius 3 is 1.39 bits per heavy atom. The van der Waals surface area contributed by atoms with Crippen LogP contribution in [0.1, 0.15) is 182 Å². The van der Waals surface area contributed by atoms with Crippen LogP contribution in [0.3, 0.4) is 0 Å². The molecule has 38 heavy (non-hydrogen) atoms. The van der Waals surface area contributed by atoms with Crippen molar-refractivity contribution in [2.24, 2.45) is 11.3 Å². The smallest absolute Gasteiger partial charge is 0.327 e. The second-order valence-corrected chi connectivity index (χ2v) is 12.0. The van der Waals surface area contributed by atoms with Crippen LogP contribution in [0.4, 0.5) is 0 Å². The summed E-state index contributed by atoms with van der Waals surface area (Å²) in [7, 11) is 0. The molecule has 0 aliphatic rings. The average molecular weight is 537 g/mol. The molecule has 0 amide bonds. The van der Waals surface area contributed by atoms with E-state index in [-0.39, 0.29) is 24.4 Å². The van der Waals surface area contributed by atoms with Crippen molar-refractivity contribution in [3.8, 4) is 0 Å². The third-order valence-corrected chi connectivity index (χ3v) is 7.82. The van der Waals surface area contributed by atoms with Crippen molar-refractivity contribution in [1.29, 1.82) is 0 Å². The molecule has 0 rings (SSSR count). The van der Waals surface area contributed by atoms with Crippen LogP contribution in [0.5, 0.6) is 0 Å². The number of ketones is 2. The first-order valence-electron chi connectivity index (χ1n) is 16.6. The zero-order valence-electron chi connectivity index (χ0n) is 26.2. The summed E-state index contributed by atoms with van der Waals surface area (Å²) in [5, 5.41) is 0. The van der Waals surface area contributed by atoms with Crippen LogP contribution < -0.4 is 0 Å². The molecule has 0 aromatic carbocycles. The molecule has 0 N–H and O–H groups in total. The van der Waals surface area contributed by atoms with Gasteiger partial charge in [0.15, 0.2) is 17.0 Å². The van der Waals surface area contributed by atoms with Gasteiger partial charge in [0.2, 0.25) is 0 Å². The average Bonchev–Trinajstić information content (AvgIpc) is 2.88. The predicted molar refractivity (Wildman–Crippen MR) is 161 cm³/mol. The normalized spacial score (nSPS) is 11.7. The van der Waals surface area contributed by atoms with Crippen molar-refractivity contribution in [3.63, 3.8) is 0 Å². The minimum absolute atomic E-state index is 0.224. The molecular weight excluding hydrogens is 472 g/mol. The number of unbranched alkanes of at least 4 members (excludes halogenated alkanes) is 15. The Labute approximate surface area is 236 Å². The molecule has 0 saturated heterocycles. The van der Waals surface area contributed by atoms with Gasteiger partial charge in [-0.25, -0.2) is 0 Å². The Morgan fingerprint density at radius 2 is 0.974 bits per heavy atom. The van der Waals surface area contributed by atoms with E-state index in [0.29, 0.717) is 31.8 Å². The van der Waals surface area contributed by atoms with Gasteiger partial charge >= 0.3 is 5.97 Å². The quantitative estimate of drug-likeness (QED) is 0.0567. The number of esters is 1. The van der Waals surface area contributed by atoms with Gasteiger partial charge in [-0.1, -0.05) is 144 Å². The molecule has 0 atom stereocenters. The van der Waals surface area contributed by atoms with E-state index in [2.05, 4.69) is 20.8 Å². The number of rotatable bonds is 28. The van der Waals surface area contributed by atoms with E-state index in [0.717, 1.165) is 38.5 Å². The van der Waals surface area contributed by atoms with Crippen molar-refractivity contribution in [2.75, 3.05) is 6.61 Å². The molecule has 0 aliphatic carbocycles. The molecule has 0 aliphatic heterocycles. The van der Waals surface area contributed by atoms with Gasteiger partial charge in [-0.05, 0) is 31.6 Å². The Kier molecular flexibility index (Phi) is 24.0. The maximum atomic E-state index is 13.3. The monoisotopic (exact) mass is 536 g/mol. The van der Waals surface area contributed by atoms with E-state index in [1.165, 1.54) is 77.0 Å². The lowest BCUT2D eigenvalue weighted by atomic mass is 9.72. The largest absolute Gasteiger partial charge is 0.465 e. The Hall–Kier alpha value is -1.19. The molecule has 0 bridgehead atoms. The van der Waals surface area contributed by atoms with E-state index < -0.39 is 11.4 Å². The summed E-state index contributed by atoms with van der Waals surface area (Å²) in [5.74, 6) is -0.350. The molecule has 0 unspecified atom stereocenters. The van der Waals surface area contributed by atoms with E-state index in [1.807, 2.05) is 13.8 Å². The Bertz CT molecular complexity index is 577. The summed E-state index contributed by atoms with van der Waals surface area (Å²) < 4.78 is 5.64. The van der Waals surface area contributed by atoms with Crippen LogP contribution in [0.2, 0.25) is 0 Å². The zero-order chi connectivity index (χ0) is 28.5. The van der Waals surface area contributed by atoms with Gasteiger partial charge in [0.25, 0.3) is 0 Å². The van der Waals surface area contributed by atoms with E-state index >= 15 is 0 Å². The number of hydrogen-bond donors (Lipinski definition) is 0. The summed E-state index contributed by atoms with van der Waals surface area (Å²) in [6.45, 7) is 10.9. The molecule has 0 fully saturated rings. The Balaban J connectivity index is 4.62. The molecule has 0 aromatic rings. The van der Waals surface area contributed by atoms with E-state index in [9.17, 15) is 14.4 Å². The second-order valence-electron chi connectivity index (χ2n) is 12.0. The van der Waals surface area contributed by atoms with Gasteiger partial charge in [0.1, 0.15) is 0 Å². The summed E-state index contributed by atoms with van der Waals surface area (Å²) in [4.78, 5) is 39.9. The molecule has 0 aromatic heterocycles. The summed E-state index contributed by atoms with van der Waals surface area (Å²) in [6.07, 6.45) is 23.6. The number of hydrogen-bond acceptors (Lipinski definition) is 4. The van der Waals surface area contributed by atoms with Crippen molar-refractivity contribution in [1.82, 2.24) is 0 Å². The van der Waals surface area contributed by atoms with Crippen LogP contribution in [-0.4, -0.2) is 24.1 Å². The Morgan fingerprint density at radius 1 is 0.553 bits per heavy atom. The highest BCUT2D eigenvalue weighted by atomic mass is 16.5. The SMILES string of the molecule is CCCCCCCCCCCCCCCCC(C(=O)CCC)(C(=O)CCC)C(=O)OCCCCCC(C)C. The van der Waals surface area contributed by atoms with Crippen LogP contribution >= 0.6 is 0 Å². The topological polar surface area (TPSA) is 60.4 Å². The summed E-state index contributed by atoms with van der Waals surface area (Å²) in [6, 6.07) is 0. The lowest BCUT2D eigenvalue weighted by Crippen LogP contribution is -2.47. The molecular formula is C34H64O4. The molecule has 4 nitrogen and oxygen atoms in total. The van der Waals surface area contributed by atoms with Crippen LogP contribution in [-0.2, 0) is 19.1 Å². The van der Waals surface area contributed by atoms with Crippen LogP contribution in [0.15, 0.2) is 0 Å². The highest BCUT2D eigenvalue weighted by molar-refractivity contribution is 6.22. The fourth-order valence-electron chi connectivity index (χ4n) is 5.35. The van der Waals surface area contributed by atoms with Gasteiger partial charge in [-0.15, -0.1) is 0 Å². The molecule has 0 radical (unpaired) electrons. The van der Waals surface area contributed by atoms with Gasteiger partial charge in [-0.3, -0.25) is 14.4 Å². The molecule has 0 spiro atoms. The minimum atomic E-state index is -1.58. The zero-order valence-corrected chi connectivity index (χ0v) is 26.2. The van der Waals surface area contributed by atoms with Gasteiger partial charge < -0.3 is 4.74 Å². The fraction of sp³-hybridized carbons (Fsp3) is 0.912. The third-order valence-electron chi connectivity index (χ3n) is 7.82. The maximum Gasteiger partial charge on any atom is 0.327 e. The minimum Gasteiger partial charge on any atom is -0.465 e. The maximum absolute atomic E-state index is 13.3. The summed E-state index contributed by atoms with van der Waals surface area (Å²) >= 11 is 0. The van der Waals surface area contributed by atoms with Gasteiger partial charge in [-0.2, -0.15) is 0 Å². The predicted octanol–water partition coefficient (Wildman–Crippen LogP) is 10.3. The van der Waals surface area contributed by atoms with Crippen LogP contribution in [0.25, 0.3) is 0 Å². The third kappa shape index (κ3) is 16.7. The van der Waals surface area contributed by atoms with E-state index in [1.54, 1.807) is 0 Å². The van der Waals surface area contributed by atoms with Crippen molar-refractivity contribution < 1.29 is 19.1 Å². The van der Waals surface area contributed by atoms with Gasteiger partial charge in [0.05, 0.1) is 6.61 Å². The lowest BCUT2D eigenvalue weighted by molar-refractivity contribution is -0.165. The van der Waals surface area contributed by atoms with Crippen molar-refractivity contribution in [2.45, 2.75) is 182 Å². The highest BCUT2D eigenvalue weighted by Gasteiger charge is 2.51. The van der Waals surface area contributed by atoms with Crippen molar-refractivity contribution in [3.05, 3.63) is 0 Å². The number of ether oxygens (including phenoxy) is 1. The first-order valence-corrected chi connectivity index (χ1v) is 16.6. The standard InChI is InChI=1S/C34H64O4/c1-6-9-10-11-12-13-14-15-16-17-18-19-20-23-28-34(31(35)25-7-2,32(36)26-8-3)33(37)38-29-24-21-22-27-30(4)5/h30H,6-29H2,1-5H3. The molecule has 4 heteroatoms.